The van der Waals surface area contributed by atoms with Gasteiger partial charge in [0.2, 0.25) is 0 Å². The number of carbonyl (C=O) groups is 1. The molecule has 13 heteroatoms. The van der Waals surface area contributed by atoms with E-state index in [1.807, 2.05) is 59.2 Å². The van der Waals surface area contributed by atoms with E-state index in [1.165, 1.54) is 68.8 Å². The van der Waals surface area contributed by atoms with Crippen molar-refractivity contribution in [1.29, 1.82) is 0 Å². The largest absolute Gasteiger partial charge is 0.274 e. The molecule has 0 fully saturated rings. The summed E-state index contributed by atoms with van der Waals surface area (Å²) in [5.74, 6) is 0.704. The normalized spacial score (nSPS) is 11.3. The molecule has 0 unspecified atom stereocenters. The zero-order valence-electron chi connectivity index (χ0n) is 28.1. The van der Waals surface area contributed by atoms with Crippen molar-refractivity contribution in [3.8, 4) is 22.6 Å². The summed E-state index contributed by atoms with van der Waals surface area (Å²) in [5, 5.41) is 29.7. The molecule has 0 saturated carbocycles. The van der Waals surface area contributed by atoms with Crippen LogP contribution in [-0.2, 0) is 11.2 Å². The van der Waals surface area contributed by atoms with E-state index in [-0.39, 0.29) is 17.3 Å². The van der Waals surface area contributed by atoms with Gasteiger partial charge in [-0.3, -0.25) is 19.5 Å². The van der Waals surface area contributed by atoms with Crippen molar-refractivity contribution in [2.24, 2.45) is 5.10 Å². The van der Waals surface area contributed by atoms with E-state index in [0.29, 0.717) is 22.1 Å². The molecule has 11 nitrogen and oxygen atoms in total. The van der Waals surface area contributed by atoms with Gasteiger partial charge in [-0.05, 0) is 42.8 Å². The van der Waals surface area contributed by atoms with Gasteiger partial charge in [-0.1, -0.05) is 116 Å². The van der Waals surface area contributed by atoms with E-state index in [0.717, 1.165) is 40.8 Å². The zero-order valence-corrected chi connectivity index (χ0v) is 30.5. The summed E-state index contributed by atoms with van der Waals surface area (Å²) >= 11 is 4.78. The molecule has 0 spiro atoms. The first-order valence-electron chi connectivity index (χ1n) is 17.0. The molecule has 5 aromatic rings. The molecule has 0 aliphatic heterocycles. The highest BCUT2D eigenvalue weighted by molar-refractivity contribution is 9.10. The molecular formula is C37H41BrN8O3S. The number of non-ortho nitro benzene ring substituents is 1. The second kappa shape index (κ2) is 19.0. The monoisotopic (exact) mass is 756 g/mol. The Balaban J connectivity index is 1.22. The summed E-state index contributed by atoms with van der Waals surface area (Å²) in [7, 11) is 0. The first-order valence-corrected chi connectivity index (χ1v) is 18.8. The maximum Gasteiger partial charge on any atom is 0.269 e. The highest BCUT2D eigenvalue weighted by Crippen LogP contribution is 2.26. The Labute approximate surface area is 304 Å². The highest BCUT2D eigenvalue weighted by atomic mass is 79.9. The van der Waals surface area contributed by atoms with Gasteiger partial charge in [0, 0.05) is 46.0 Å². The Morgan fingerprint density at radius 1 is 0.900 bits per heavy atom. The molecule has 50 heavy (non-hydrogen) atoms. The molecule has 1 amide bonds. The number of carbonyl (C=O) groups excluding carboxylic acids is 1. The number of hydrazone groups is 1. The first kappa shape index (κ1) is 36.7. The van der Waals surface area contributed by atoms with E-state index in [9.17, 15) is 14.9 Å². The molecule has 5 rings (SSSR count). The van der Waals surface area contributed by atoms with Crippen LogP contribution in [0.4, 0.5) is 5.69 Å². The summed E-state index contributed by atoms with van der Waals surface area (Å²) in [6, 6.07) is 23.8. The minimum Gasteiger partial charge on any atom is -0.274 e. The lowest BCUT2D eigenvalue weighted by Gasteiger charge is -2.10. The zero-order chi connectivity index (χ0) is 35.1. The molecule has 2 aromatic heterocycles. The fourth-order valence-electron chi connectivity index (χ4n) is 5.50. The van der Waals surface area contributed by atoms with Crippen LogP contribution in [0.5, 0.6) is 0 Å². The van der Waals surface area contributed by atoms with Crippen molar-refractivity contribution in [2.75, 3.05) is 5.75 Å². The predicted molar refractivity (Wildman–Crippen MR) is 202 cm³/mol. The van der Waals surface area contributed by atoms with Crippen LogP contribution in [0.2, 0.25) is 0 Å². The third-order valence-electron chi connectivity index (χ3n) is 8.13. The summed E-state index contributed by atoms with van der Waals surface area (Å²) < 4.78 is 4.60. The number of hydrogen-bond acceptors (Lipinski definition) is 8. The third-order valence-corrected chi connectivity index (χ3v) is 9.59. The molecule has 0 saturated heterocycles. The van der Waals surface area contributed by atoms with Gasteiger partial charge in [0.1, 0.15) is 11.5 Å². The minimum atomic E-state index is -0.442. The molecule has 1 N–H and O–H groups in total. The number of nitro groups is 1. The van der Waals surface area contributed by atoms with Crippen molar-refractivity contribution in [2.45, 2.75) is 76.3 Å². The van der Waals surface area contributed by atoms with Gasteiger partial charge in [-0.2, -0.15) is 10.2 Å². The first-order chi connectivity index (χ1) is 24.4. The van der Waals surface area contributed by atoms with Crippen LogP contribution >= 0.6 is 27.7 Å². The lowest BCUT2D eigenvalue weighted by atomic mass is 10.1. The number of amides is 1. The summed E-state index contributed by atoms with van der Waals surface area (Å²) in [6.45, 7) is 2.25. The molecule has 0 aliphatic carbocycles. The summed E-state index contributed by atoms with van der Waals surface area (Å²) in [6.07, 6.45) is 15.4. The van der Waals surface area contributed by atoms with Crippen molar-refractivity contribution >= 4 is 45.5 Å². The third kappa shape index (κ3) is 10.4. The molecule has 0 bridgehead atoms. The number of nitrogens with zero attached hydrogens (tertiary/aromatic N) is 7. The van der Waals surface area contributed by atoms with Crippen LogP contribution in [0, 0.1) is 10.1 Å². The van der Waals surface area contributed by atoms with Gasteiger partial charge in [0.25, 0.3) is 11.6 Å². The van der Waals surface area contributed by atoms with Gasteiger partial charge in [0.05, 0.1) is 22.6 Å². The lowest BCUT2D eigenvalue weighted by Crippen LogP contribution is -2.20. The number of unbranched alkanes of at least 4 members (excludes halogenated alkanes) is 8. The molecular weight excluding hydrogens is 716 g/mol. The Bertz CT molecular complexity index is 1860. The van der Waals surface area contributed by atoms with Crippen LogP contribution in [0.25, 0.3) is 22.6 Å². The molecule has 0 aliphatic rings. The average Bonchev–Trinajstić information content (AvgIpc) is 3.75. The quantitative estimate of drug-likeness (QED) is 0.0292. The molecule has 0 radical (unpaired) electrons. The number of aryl methyl sites for hydroxylation is 1. The van der Waals surface area contributed by atoms with Crippen molar-refractivity contribution < 1.29 is 9.72 Å². The Morgan fingerprint density at radius 3 is 2.26 bits per heavy atom. The van der Waals surface area contributed by atoms with E-state index in [4.69, 9.17) is 5.10 Å². The van der Waals surface area contributed by atoms with Crippen LogP contribution in [0.15, 0.2) is 99.8 Å². The van der Waals surface area contributed by atoms with E-state index >= 15 is 0 Å². The number of thioether (sulfide) groups is 1. The molecule has 2 heterocycles. The average molecular weight is 758 g/mol. The van der Waals surface area contributed by atoms with Gasteiger partial charge in [-0.25, -0.2) is 10.1 Å². The van der Waals surface area contributed by atoms with Crippen LogP contribution in [0.3, 0.4) is 0 Å². The standard InChI is InChI=1S/C37H41BrN8O3S/c1-2-3-4-5-6-7-8-9-13-16-34-40-42-37(45(34)32-14-11-10-12-15-32)50-27-35(47)41-39-25-29-26-44(31-21-23-33(24-22-31)46(48)49)43-36(29)28-17-19-30(38)20-18-28/h10-12,14-15,17-26H,2-9,13,16,27H2,1H3,(H,41,47)/b39-25-. The van der Waals surface area contributed by atoms with Crippen molar-refractivity contribution in [3.63, 3.8) is 0 Å². The van der Waals surface area contributed by atoms with Crippen LogP contribution in [-0.4, -0.2) is 47.3 Å². The highest BCUT2D eigenvalue weighted by Gasteiger charge is 2.16. The topological polar surface area (TPSA) is 133 Å². The van der Waals surface area contributed by atoms with Crippen molar-refractivity contribution in [3.05, 3.63) is 111 Å². The number of halogens is 1. The SMILES string of the molecule is CCCCCCCCCCCc1nnc(SCC(=O)N/N=C\c2cn(-c3ccc([N+](=O)[O-])cc3)nc2-c2ccc(Br)cc2)n1-c1ccccc1. The summed E-state index contributed by atoms with van der Waals surface area (Å²) in [4.78, 5) is 23.6. The Kier molecular flexibility index (Phi) is 13.9. The predicted octanol–water partition coefficient (Wildman–Crippen LogP) is 9.11. The second-order valence-corrected chi connectivity index (χ2v) is 13.7. The fraction of sp³-hybridized carbons (Fsp3) is 0.324. The fourth-order valence-corrected chi connectivity index (χ4v) is 6.52. The lowest BCUT2D eigenvalue weighted by molar-refractivity contribution is -0.384. The van der Waals surface area contributed by atoms with E-state index in [2.05, 4.69) is 43.6 Å². The summed E-state index contributed by atoms with van der Waals surface area (Å²) in [5.41, 5.74) is 6.37. The van der Waals surface area contributed by atoms with Crippen LogP contribution in [0.1, 0.15) is 76.1 Å². The minimum absolute atomic E-state index is 0.00606. The maximum absolute atomic E-state index is 12.9. The Morgan fingerprint density at radius 2 is 1.58 bits per heavy atom. The van der Waals surface area contributed by atoms with Crippen molar-refractivity contribution in [1.82, 2.24) is 30.0 Å². The van der Waals surface area contributed by atoms with Gasteiger partial charge >= 0.3 is 0 Å². The number of aromatic nitrogens is 5. The van der Waals surface area contributed by atoms with E-state index < -0.39 is 4.92 Å². The van der Waals surface area contributed by atoms with Gasteiger partial charge in [0.15, 0.2) is 5.16 Å². The number of nitrogens with one attached hydrogen (secondary N) is 1. The van der Waals surface area contributed by atoms with Gasteiger partial charge < -0.3 is 0 Å². The molecule has 0 atom stereocenters. The number of benzene rings is 3. The van der Waals surface area contributed by atoms with E-state index in [1.54, 1.807) is 29.2 Å². The number of rotatable bonds is 19. The number of nitro benzene ring substituents is 1. The number of para-hydroxylation sites is 1. The Hall–Kier alpha value is -4.62. The smallest absolute Gasteiger partial charge is 0.269 e. The maximum atomic E-state index is 12.9. The van der Waals surface area contributed by atoms with Gasteiger partial charge in [-0.15, -0.1) is 10.2 Å². The van der Waals surface area contributed by atoms with Crippen LogP contribution < -0.4 is 5.43 Å². The molecule has 260 valence electrons. The second-order valence-electron chi connectivity index (χ2n) is 11.9. The molecule has 3 aromatic carbocycles. The number of hydrogen-bond donors (Lipinski definition) is 1.